The first-order valence-corrected chi connectivity index (χ1v) is 9.79. The Bertz CT molecular complexity index is 902. The molecule has 3 amide bonds. The zero-order valence-electron chi connectivity index (χ0n) is 16.6. The number of ether oxygens (including phenoxy) is 1. The highest BCUT2D eigenvalue weighted by Crippen LogP contribution is 2.22. The Morgan fingerprint density at radius 1 is 1.23 bits per heavy atom. The van der Waals surface area contributed by atoms with Crippen LogP contribution in [-0.2, 0) is 4.74 Å². The minimum Gasteiger partial charge on any atom is -0.394 e. The summed E-state index contributed by atoms with van der Waals surface area (Å²) in [6, 6.07) is 1.50. The van der Waals surface area contributed by atoms with E-state index in [0.29, 0.717) is 25.8 Å². The average Bonchev–Trinajstić information content (AvgIpc) is 2.77. The number of halogens is 2. The van der Waals surface area contributed by atoms with Gasteiger partial charge in [0.1, 0.15) is 23.4 Å². The number of amides is 3. The molecule has 0 spiro atoms. The van der Waals surface area contributed by atoms with Crippen LogP contribution in [0.4, 0.5) is 19.3 Å². The highest BCUT2D eigenvalue weighted by atomic mass is 19.1. The molecule has 0 aliphatic carbocycles. The topological polar surface area (TPSA) is 125 Å². The van der Waals surface area contributed by atoms with Gasteiger partial charge in [0, 0.05) is 25.0 Å². The molecular weight excluding hydrogens is 412 g/mol. The van der Waals surface area contributed by atoms with Crippen molar-refractivity contribution in [2.45, 2.75) is 37.5 Å². The molecule has 1 aliphatic heterocycles. The van der Waals surface area contributed by atoms with E-state index in [-0.39, 0.29) is 30.0 Å². The van der Waals surface area contributed by atoms with Gasteiger partial charge >= 0.3 is 6.03 Å². The summed E-state index contributed by atoms with van der Waals surface area (Å²) >= 11 is 0. The SMILES string of the molecule is O=C(Nc1cc(F)ccc1F)N[C@@H]1CC[C@@H](CCNC(=O)c2cnccn2)O[C@@H]1CO. The van der Waals surface area contributed by atoms with Crippen LogP contribution in [0.3, 0.4) is 0 Å². The number of nitrogens with zero attached hydrogens (tertiary/aromatic N) is 2. The van der Waals surface area contributed by atoms with Crippen molar-refractivity contribution in [3.05, 3.63) is 54.1 Å². The van der Waals surface area contributed by atoms with Crippen molar-refractivity contribution in [1.82, 2.24) is 20.6 Å². The van der Waals surface area contributed by atoms with Gasteiger partial charge in [-0.1, -0.05) is 0 Å². The molecule has 1 fully saturated rings. The predicted octanol–water partition coefficient (Wildman–Crippen LogP) is 1.60. The second kappa shape index (κ2) is 10.7. The number of carbonyl (C=O) groups excluding carboxylic acids is 2. The Hall–Kier alpha value is -3.18. The van der Waals surface area contributed by atoms with E-state index in [0.717, 1.165) is 18.2 Å². The molecule has 1 aromatic carbocycles. The van der Waals surface area contributed by atoms with Crippen molar-refractivity contribution in [3.8, 4) is 0 Å². The van der Waals surface area contributed by atoms with Gasteiger partial charge in [-0.25, -0.2) is 18.6 Å². The van der Waals surface area contributed by atoms with Crippen LogP contribution < -0.4 is 16.0 Å². The van der Waals surface area contributed by atoms with Crippen LogP contribution >= 0.6 is 0 Å². The molecule has 31 heavy (non-hydrogen) atoms. The van der Waals surface area contributed by atoms with Gasteiger partial charge in [-0.3, -0.25) is 9.78 Å². The van der Waals surface area contributed by atoms with Crippen molar-refractivity contribution in [1.29, 1.82) is 0 Å². The average molecular weight is 435 g/mol. The molecule has 1 aliphatic rings. The number of benzene rings is 1. The van der Waals surface area contributed by atoms with Crippen molar-refractivity contribution in [2.75, 3.05) is 18.5 Å². The number of hydrogen-bond donors (Lipinski definition) is 4. The maximum absolute atomic E-state index is 13.7. The van der Waals surface area contributed by atoms with E-state index in [4.69, 9.17) is 4.74 Å². The molecule has 11 heteroatoms. The van der Waals surface area contributed by atoms with Crippen LogP contribution in [0.1, 0.15) is 29.8 Å². The zero-order chi connectivity index (χ0) is 22.2. The van der Waals surface area contributed by atoms with Gasteiger partial charge in [0.05, 0.1) is 30.6 Å². The van der Waals surface area contributed by atoms with Crippen LogP contribution in [-0.4, -0.2) is 58.4 Å². The van der Waals surface area contributed by atoms with Crippen LogP contribution in [0.2, 0.25) is 0 Å². The summed E-state index contributed by atoms with van der Waals surface area (Å²) in [5, 5.41) is 17.2. The molecule has 9 nitrogen and oxygen atoms in total. The molecular formula is C20H23F2N5O4. The molecule has 0 radical (unpaired) electrons. The molecule has 166 valence electrons. The molecule has 1 saturated heterocycles. The summed E-state index contributed by atoms with van der Waals surface area (Å²) in [7, 11) is 0. The zero-order valence-corrected chi connectivity index (χ0v) is 16.6. The van der Waals surface area contributed by atoms with Crippen LogP contribution in [0.5, 0.6) is 0 Å². The normalized spacial score (nSPS) is 20.7. The number of aliphatic hydroxyl groups is 1. The number of hydrogen-bond acceptors (Lipinski definition) is 6. The first-order valence-electron chi connectivity index (χ1n) is 9.79. The fraction of sp³-hybridized carbons (Fsp3) is 0.400. The standard InChI is InChI=1S/C20H23F2N5O4/c21-12-1-3-14(22)16(9-12)27-20(30)26-15-4-2-13(31-18(15)11-28)5-6-25-19(29)17-10-23-7-8-24-17/h1,3,7-10,13,15,18,28H,2,4-6,11H2,(H,25,29)(H2,26,27,30)/t13-,15+,18+/m0/s1. The lowest BCUT2D eigenvalue weighted by molar-refractivity contribution is -0.0886. The quantitative estimate of drug-likeness (QED) is 0.524. The van der Waals surface area contributed by atoms with E-state index < -0.39 is 29.8 Å². The second-order valence-corrected chi connectivity index (χ2v) is 7.02. The maximum Gasteiger partial charge on any atom is 0.319 e. The molecule has 0 unspecified atom stereocenters. The minimum atomic E-state index is -0.765. The molecule has 3 rings (SSSR count). The summed E-state index contributed by atoms with van der Waals surface area (Å²) in [6.07, 6.45) is 4.97. The maximum atomic E-state index is 13.7. The van der Waals surface area contributed by atoms with Crippen molar-refractivity contribution in [3.63, 3.8) is 0 Å². The van der Waals surface area contributed by atoms with Gasteiger partial charge in [-0.15, -0.1) is 0 Å². The predicted molar refractivity (Wildman–Crippen MR) is 106 cm³/mol. The number of nitrogens with one attached hydrogen (secondary N) is 3. The first-order chi connectivity index (χ1) is 15.0. The van der Waals surface area contributed by atoms with Crippen LogP contribution in [0, 0.1) is 11.6 Å². The third-order valence-electron chi connectivity index (χ3n) is 4.84. The van der Waals surface area contributed by atoms with Gasteiger partial charge in [0.2, 0.25) is 0 Å². The Balaban J connectivity index is 1.45. The van der Waals surface area contributed by atoms with Crippen molar-refractivity contribution in [2.24, 2.45) is 0 Å². The van der Waals surface area contributed by atoms with Crippen molar-refractivity contribution < 1.29 is 28.2 Å². The third-order valence-corrected chi connectivity index (χ3v) is 4.84. The minimum absolute atomic E-state index is 0.213. The van der Waals surface area contributed by atoms with E-state index >= 15 is 0 Å². The number of aromatic nitrogens is 2. The first kappa shape index (κ1) is 22.5. The van der Waals surface area contributed by atoms with Gasteiger partial charge in [-0.05, 0) is 31.4 Å². The Morgan fingerprint density at radius 2 is 2.06 bits per heavy atom. The van der Waals surface area contributed by atoms with Gasteiger partial charge in [0.25, 0.3) is 5.91 Å². The lowest BCUT2D eigenvalue weighted by Crippen LogP contribution is -2.52. The monoisotopic (exact) mass is 435 g/mol. The van der Waals surface area contributed by atoms with E-state index in [1.165, 1.54) is 18.6 Å². The highest BCUT2D eigenvalue weighted by molar-refractivity contribution is 5.91. The van der Waals surface area contributed by atoms with E-state index in [1.54, 1.807) is 0 Å². The third kappa shape index (κ3) is 6.40. The van der Waals surface area contributed by atoms with Gasteiger partial charge in [0.15, 0.2) is 0 Å². The lowest BCUT2D eigenvalue weighted by atomic mass is 9.97. The van der Waals surface area contributed by atoms with Crippen LogP contribution in [0.25, 0.3) is 0 Å². The fourth-order valence-electron chi connectivity index (χ4n) is 3.28. The summed E-state index contributed by atoms with van der Waals surface area (Å²) in [5.74, 6) is -1.79. The van der Waals surface area contributed by atoms with Crippen LogP contribution in [0.15, 0.2) is 36.8 Å². The summed E-state index contributed by atoms with van der Waals surface area (Å²) in [5.41, 5.74) is -0.0724. The highest BCUT2D eigenvalue weighted by Gasteiger charge is 2.32. The summed E-state index contributed by atoms with van der Waals surface area (Å²) in [4.78, 5) is 31.9. The Morgan fingerprint density at radius 3 is 2.81 bits per heavy atom. The largest absolute Gasteiger partial charge is 0.394 e. The molecule has 0 saturated carbocycles. The summed E-state index contributed by atoms with van der Waals surface area (Å²) in [6.45, 7) is 0.0113. The molecule has 3 atom stereocenters. The second-order valence-electron chi connectivity index (χ2n) is 7.02. The van der Waals surface area contributed by atoms with Crippen molar-refractivity contribution >= 4 is 17.6 Å². The molecule has 2 heterocycles. The molecule has 0 bridgehead atoms. The number of carbonyl (C=O) groups is 2. The summed E-state index contributed by atoms with van der Waals surface area (Å²) < 4.78 is 32.7. The lowest BCUT2D eigenvalue weighted by Gasteiger charge is -2.36. The fourth-order valence-corrected chi connectivity index (χ4v) is 3.28. The van der Waals surface area contributed by atoms with Gasteiger partial charge < -0.3 is 25.8 Å². The van der Waals surface area contributed by atoms with Gasteiger partial charge in [-0.2, -0.15) is 0 Å². The van der Waals surface area contributed by atoms with E-state index in [9.17, 15) is 23.5 Å². The van der Waals surface area contributed by atoms with E-state index in [2.05, 4.69) is 25.9 Å². The smallest absolute Gasteiger partial charge is 0.319 e. The number of urea groups is 1. The number of rotatable bonds is 7. The molecule has 1 aromatic heterocycles. The molecule has 2 aromatic rings. The Labute approximate surface area is 177 Å². The molecule has 4 N–H and O–H groups in total. The number of aliphatic hydroxyl groups excluding tert-OH is 1. The number of anilines is 1. The Kier molecular flexibility index (Phi) is 7.79. The van der Waals surface area contributed by atoms with E-state index in [1.807, 2.05) is 0 Å².